The van der Waals surface area contributed by atoms with Gasteiger partial charge in [0.25, 0.3) is 0 Å². The van der Waals surface area contributed by atoms with E-state index in [4.69, 9.17) is 0 Å². The van der Waals surface area contributed by atoms with E-state index in [9.17, 15) is 0 Å². The maximum atomic E-state index is 3.41. The first kappa shape index (κ1) is 8.31. The summed E-state index contributed by atoms with van der Waals surface area (Å²) < 4.78 is 0. The summed E-state index contributed by atoms with van der Waals surface area (Å²) in [4.78, 5) is 2.61. The second-order valence-electron chi connectivity index (χ2n) is 3.04. The van der Waals surface area contributed by atoms with E-state index in [1.54, 1.807) is 0 Å². The van der Waals surface area contributed by atoms with Crippen LogP contribution in [0.15, 0.2) is 0 Å². The summed E-state index contributed by atoms with van der Waals surface area (Å²) in [5, 5.41) is 3.41. The quantitative estimate of drug-likeness (QED) is 0.558. The van der Waals surface area contributed by atoms with Gasteiger partial charge in [0.15, 0.2) is 0 Å². The number of piperazine rings is 1. The van der Waals surface area contributed by atoms with Crippen LogP contribution >= 0.6 is 12.4 Å². The molecule has 0 spiro atoms. The van der Waals surface area contributed by atoms with Crippen molar-refractivity contribution in [3.8, 4) is 0 Å². The number of hydrogen-bond acceptors (Lipinski definition) is 2. The highest BCUT2D eigenvalue weighted by molar-refractivity contribution is 5.85. The number of nitrogens with one attached hydrogen (secondary N) is 1. The van der Waals surface area contributed by atoms with Crippen molar-refractivity contribution in [1.82, 2.24) is 10.2 Å². The van der Waals surface area contributed by atoms with E-state index in [0.717, 1.165) is 6.04 Å². The van der Waals surface area contributed by atoms with Crippen LogP contribution in [0.2, 0.25) is 0 Å². The first-order valence-corrected chi connectivity index (χ1v) is 3.91. The first-order valence-electron chi connectivity index (χ1n) is 3.91. The number of nitrogens with zero attached hydrogens (tertiary/aromatic N) is 1. The number of halogens is 1. The summed E-state index contributed by atoms with van der Waals surface area (Å²) in [6, 6.07) is 0.888. The lowest BCUT2D eigenvalue weighted by Crippen LogP contribution is -2.47. The Morgan fingerprint density at radius 2 is 2.20 bits per heavy atom. The normalized spacial score (nSPS) is 33.0. The van der Waals surface area contributed by atoms with E-state index in [2.05, 4.69) is 10.2 Å². The highest BCUT2D eigenvalue weighted by Gasteiger charge is 2.25. The fourth-order valence-corrected chi connectivity index (χ4v) is 1.91. The molecule has 0 aliphatic carbocycles. The van der Waals surface area contributed by atoms with Crippen molar-refractivity contribution in [1.29, 1.82) is 0 Å². The third-order valence-corrected chi connectivity index (χ3v) is 2.45. The molecular weight excluding hydrogens is 148 g/mol. The summed E-state index contributed by atoms with van der Waals surface area (Å²) in [5.74, 6) is 0. The smallest absolute Gasteiger partial charge is 0.0221 e. The second kappa shape index (κ2) is 3.56. The zero-order chi connectivity index (χ0) is 6.10. The van der Waals surface area contributed by atoms with Gasteiger partial charge in [-0.1, -0.05) is 0 Å². The van der Waals surface area contributed by atoms with Crippen molar-refractivity contribution in [2.45, 2.75) is 18.9 Å². The number of hydrogen-bond donors (Lipinski definition) is 1. The molecule has 2 saturated heterocycles. The molecule has 2 aliphatic rings. The molecule has 0 radical (unpaired) electrons. The summed E-state index contributed by atoms with van der Waals surface area (Å²) in [5.41, 5.74) is 0. The summed E-state index contributed by atoms with van der Waals surface area (Å²) in [6.45, 7) is 5.08. The van der Waals surface area contributed by atoms with Crippen LogP contribution in [0.4, 0.5) is 0 Å². The van der Waals surface area contributed by atoms with E-state index in [0.29, 0.717) is 0 Å². The molecule has 0 aromatic carbocycles. The van der Waals surface area contributed by atoms with Crippen LogP contribution in [0, 0.1) is 0 Å². The van der Waals surface area contributed by atoms with Crippen LogP contribution in [0.1, 0.15) is 12.8 Å². The fraction of sp³-hybridized carbons (Fsp3) is 1.00. The minimum Gasteiger partial charge on any atom is -0.314 e. The molecule has 0 unspecified atom stereocenters. The Kier molecular flexibility index (Phi) is 2.96. The Hall–Kier alpha value is 0.210. The Labute approximate surface area is 68.4 Å². The molecule has 2 fully saturated rings. The lowest BCUT2D eigenvalue weighted by Gasteiger charge is -2.29. The Morgan fingerprint density at radius 3 is 3.00 bits per heavy atom. The van der Waals surface area contributed by atoms with E-state index in [1.807, 2.05) is 0 Å². The molecular formula is C7H15ClN2. The first-order chi connectivity index (χ1) is 4.47. The molecule has 2 heterocycles. The molecule has 2 nitrogen and oxygen atoms in total. The highest BCUT2D eigenvalue weighted by Crippen LogP contribution is 2.17. The lowest BCUT2D eigenvalue weighted by atomic mass is 10.2. The van der Waals surface area contributed by atoms with Crippen molar-refractivity contribution >= 4 is 12.4 Å². The van der Waals surface area contributed by atoms with Gasteiger partial charge in [0.1, 0.15) is 0 Å². The average Bonchev–Trinajstić information content (AvgIpc) is 2.33. The lowest BCUT2D eigenvalue weighted by molar-refractivity contribution is 0.212. The summed E-state index contributed by atoms with van der Waals surface area (Å²) >= 11 is 0. The van der Waals surface area contributed by atoms with E-state index in [-0.39, 0.29) is 12.4 Å². The van der Waals surface area contributed by atoms with Crippen molar-refractivity contribution in [3.05, 3.63) is 0 Å². The van der Waals surface area contributed by atoms with Gasteiger partial charge >= 0.3 is 0 Å². The molecule has 0 saturated carbocycles. The third-order valence-electron chi connectivity index (χ3n) is 2.45. The Bertz CT molecular complexity index is 95.8. The van der Waals surface area contributed by atoms with Crippen molar-refractivity contribution < 1.29 is 0 Å². The number of rotatable bonds is 0. The molecule has 1 atom stereocenters. The molecule has 2 aliphatic heterocycles. The molecule has 3 heteroatoms. The molecule has 2 rings (SSSR count). The fourth-order valence-electron chi connectivity index (χ4n) is 1.91. The van der Waals surface area contributed by atoms with Crippen LogP contribution in [-0.2, 0) is 0 Å². The SMILES string of the molecule is C1C[C@H]2CNCCN2C1.Cl. The maximum absolute atomic E-state index is 3.41. The highest BCUT2D eigenvalue weighted by atomic mass is 35.5. The van der Waals surface area contributed by atoms with Crippen LogP contribution in [0.25, 0.3) is 0 Å². The molecule has 10 heavy (non-hydrogen) atoms. The van der Waals surface area contributed by atoms with Gasteiger partial charge in [-0.3, -0.25) is 4.90 Å². The van der Waals surface area contributed by atoms with Gasteiger partial charge in [0.05, 0.1) is 0 Å². The molecule has 0 amide bonds. The Morgan fingerprint density at radius 1 is 1.30 bits per heavy atom. The maximum Gasteiger partial charge on any atom is 0.0221 e. The van der Waals surface area contributed by atoms with E-state index >= 15 is 0 Å². The summed E-state index contributed by atoms with van der Waals surface area (Å²) in [6.07, 6.45) is 2.85. The summed E-state index contributed by atoms with van der Waals surface area (Å²) in [7, 11) is 0. The van der Waals surface area contributed by atoms with Gasteiger partial charge in [0.2, 0.25) is 0 Å². The largest absolute Gasteiger partial charge is 0.314 e. The van der Waals surface area contributed by atoms with Gasteiger partial charge in [-0.05, 0) is 19.4 Å². The number of fused-ring (bicyclic) bond motifs is 1. The molecule has 60 valence electrons. The van der Waals surface area contributed by atoms with Crippen molar-refractivity contribution in [2.24, 2.45) is 0 Å². The third kappa shape index (κ3) is 1.44. The zero-order valence-electron chi connectivity index (χ0n) is 6.18. The average molecular weight is 163 g/mol. The van der Waals surface area contributed by atoms with Gasteiger partial charge in [-0.2, -0.15) is 0 Å². The van der Waals surface area contributed by atoms with E-state index < -0.39 is 0 Å². The van der Waals surface area contributed by atoms with Gasteiger partial charge in [-0.15, -0.1) is 12.4 Å². The molecule has 0 aromatic rings. The second-order valence-corrected chi connectivity index (χ2v) is 3.04. The van der Waals surface area contributed by atoms with Crippen LogP contribution in [0.5, 0.6) is 0 Å². The standard InChI is InChI=1S/C7H14N2.ClH/c1-2-7-6-8-3-5-9(7)4-1;/h7-8H,1-6H2;1H/t7-;/m0./s1. The van der Waals surface area contributed by atoms with Crippen molar-refractivity contribution in [2.75, 3.05) is 26.2 Å². The monoisotopic (exact) mass is 162 g/mol. The Balaban J connectivity index is 0.000000500. The molecule has 0 bridgehead atoms. The minimum atomic E-state index is 0. The van der Waals surface area contributed by atoms with Crippen LogP contribution in [0.3, 0.4) is 0 Å². The predicted octanol–water partition coefficient (Wildman–Crippen LogP) is 0.476. The van der Waals surface area contributed by atoms with Gasteiger partial charge in [0, 0.05) is 25.7 Å². The van der Waals surface area contributed by atoms with Crippen LogP contribution in [-0.4, -0.2) is 37.1 Å². The van der Waals surface area contributed by atoms with Gasteiger partial charge < -0.3 is 5.32 Å². The minimum absolute atomic E-state index is 0. The molecule has 0 aromatic heterocycles. The van der Waals surface area contributed by atoms with Gasteiger partial charge in [-0.25, -0.2) is 0 Å². The molecule has 1 N–H and O–H groups in total. The van der Waals surface area contributed by atoms with Crippen molar-refractivity contribution in [3.63, 3.8) is 0 Å². The predicted molar refractivity (Wildman–Crippen MR) is 44.7 cm³/mol. The topological polar surface area (TPSA) is 15.3 Å². The zero-order valence-corrected chi connectivity index (χ0v) is 6.99. The van der Waals surface area contributed by atoms with E-state index in [1.165, 1.54) is 39.0 Å². The van der Waals surface area contributed by atoms with Crippen LogP contribution < -0.4 is 5.32 Å².